The normalized spacial score (nSPS) is 10.7. The first-order valence-electron chi connectivity index (χ1n) is 6.33. The molecule has 2 N–H and O–H groups in total. The zero-order chi connectivity index (χ0) is 13.9. The Kier molecular flexibility index (Phi) is 3.56. The Labute approximate surface area is 126 Å². The highest BCUT2D eigenvalue weighted by molar-refractivity contribution is 9.10. The standard InChI is InChI=1S/C16H14BrN3/c17-15-6-4-12(5-7-15)10-20-11-14(9-19-20)13-2-1-3-16(18)8-13/h1-9,11H,10,18H2. The Balaban J connectivity index is 1.82. The predicted octanol–water partition coefficient (Wildman–Crippen LogP) is 3.94. The summed E-state index contributed by atoms with van der Waals surface area (Å²) in [5, 5.41) is 4.40. The van der Waals surface area contributed by atoms with Gasteiger partial charge in [-0.2, -0.15) is 5.10 Å². The molecule has 0 bridgehead atoms. The van der Waals surface area contributed by atoms with Crippen LogP contribution in [0.2, 0.25) is 0 Å². The molecule has 0 saturated heterocycles. The molecule has 3 nitrogen and oxygen atoms in total. The van der Waals surface area contributed by atoms with Crippen molar-refractivity contribution in [2.45, 2.75) is 6.54 Å². The van der Waals surface area contributed by atoms with Gasteiger partial charge in [0.05, 0.1) is 12.7 Å². The molecule has 100 valence electrons. The first-order valence-corrected chi connectivity index (χ1v) is 7.13. The van der Waals surface area contributed by atoms with Crippen LogP contribution in [0.15, 0.2) is 65.4 Å². The molecule has 0 fully saturated rings. The Bertz CT molecular complexity index is 717. The molecule has 0 spiro atoms. The summed E-state index contributed by atoms with van der Waals surface area (Å²) in [4.78, 5) is 0. The van der Waals surface area contributed by atoms with Gasteiger partial charge < -0.3 is 5.73 Å². The summed E-state index contributed by atoms with van der Waals surface area (Å²) in [6.07, 6.45) is 3.91. The van der Waals surface area contributed by atoms with Crippen molar-refractivity contribution in [2.24, 2.45) is 0 Å². The Morgan fingerprint density at radius 2 is 1.85 bits per heavy atom. The van der Waals surface area contributed by atoms with Gasteiger partial charge in [-0.05, 0) is 35.4 Å². The van der Waals surface area contributed by atoms with E-state index < -0.39 is 0 Å². The highest BCUT2D eigenvalue weighted by atomic mass is 79.9. The minimum atomic E-state index is 0.760. The topological polar surface area (TPSA) is 43.8 Å². The number of hydrogen-bond donors (Lipinski definition) is 1. The van der Waals surface area contributed by atoms with Crippen molar-refractivity contribution >= 4 is 21.6 Å². The number of nitrogens with zero attached hydrogens (tertiary/aromatic N) is 2. The minimum Gasteiger partial charge on any atom is -0.399 e. The van der Waals surface area contributed by atoms with Crippen molar-refractivity contribution in [1.82, 2.24) is 9.78 Å². The average molecular weight is 328 g/mol. The van der Waals surface area contributed by atoms with Crippen molar-refractivity contribution in [3.8, 4) is 11.1 Å². The number of benzene rings is 2. The molecule has 0 saturated carbocycles. The fourth-order valence-corrected chi connectivity index (χ4v) is 2.36. The maximum Gasteiger partial charge on any atom is 0.0659 e. The van der Waals surface area contributed by atoms with E-state index in [1.165, 1.54) is 5.56 Å². The highest BCUT2D eigenvalue weighted by Gasteiger charge is 2.03. The van der Waals surface area contributed by atoms with E-state index in [1.54, 1.807) is 0 Å². The van der Waals surface area contributed by atoms with Crippen molar-refractivity contribution in [2.75, 3.05) is 5.73 Å². The molecule has 2 aromatic carbocycles. The highest BCUT2D eigenvalue weighted by Crippen LogP contribution is 2.21. The predicted molar refractivity (Wildman–Crippen MR) is 85.3 cm³/mol. The number of rotatable bonds is 3. The Morgan fingerprint density at radius 1 is 1.05 bits per heavy atom. The van der Waals surface area contributed by atoms with Crippen LogP contribution < -0.4 is 5.73 Å². The summed E-state index contributed by atoms with van der Waals surface area (Å²) in [6, 6.07) is 16.1. The zero-order valence-corrected chi connectivity index (χ0v) is 12.4. The van der Waals surface area contributed by atoms with Gasteiger partial charge in [0, 0.05) is 21.9 Å². The van der Waals surface area contributed by atoms with Gasteiger partial charge >= 0.3 is 0 Å². The minimum absolute atomic E-state index is 0.760. The monoisotopic (exact) mass is 327 g/mol. The molecule has 4 heteroatoms. The van der Waals surface area contributed by atoms with Crippen LogP contribution in [0, 0.1) is 0 Å². The van der Waals surface area contributed by atoms with Crippen LogP contribution in [0.3, 0.4) is 0 Å². The van der Waals surface area contributed by atoms with Gasteiger partial charge in [-0.25, -0.2) is 0 Å². The molecule has 20 heavy (non-hydrogen) atoms. The number of aromatic nitrogens is 2. The van der Waals surface area contributed by atoms with Gasteiger partial charge in [-0.15, -0.1) is 0 Å². The Morgan fingerprint density at radius 3 is 2.60 bits per heavy atom. The van der Waals surface area contributed by atoms with Crippen molar-refractivity contribution < 1.29 is 0 Å². The lowest BCUT2D eigenvalue weighted by atomic mass is 10.1. The van der Waals surface area contributed by atoms with Gasteiger partial charge in [-0.1, -0.05) is 40.2 Å². The number of halogens is 1. The fraction of sp³-hybridized carbons (Fsp3) is 0.0625. The second-order valence-electron chi connectivity index (χ2n) is 4.68. The number of nitrogen functional groups attached to an aromatic ring is 1. The number of nitrogens with two attached hydrogens (primary N) is 1. The smallest absolute Gasteiger partial charge is 0.0659 e. The van der Waals surface area contributed by atoms with E-state index >= 15 is 0 Å². The maximum atomic E-state index is 5.81. The largest absolute Gasteiger partial charge is 0.399 e. The first kappa shape index (κ1) is 12.9. The molecule has 0 atom stereocenters. The van der Waals surface area contributed by atoms with E-state index in [2.05, 4.69) is 33.2 Å². The second kappa shape index (κ2) is 5.51. The molecule has 3 aromatic rings. The number of anilines is 1. The van der Waals surface area contributed by atoms with Crippen molar-refractivity contribution in [3.63, 3.8) is 0 Å². The van der Waals surface area contributed by atoms with Crippen molar-refractivity contribution in [1.29, 1.82) is 0 Å². The summed E-state index contributed by atoms with van der Waals surface area (Å²) in [6.45, 7) is 0.760. The van der Waals surface area contributed by atoms with Crippen LogP contribution >= 0.6 is 15.9 Å². The molecule has 1 heterocycles. The van der Waals surface area contributed by atoms with Gasteiger partial charge in [-0.3, -0.25) is 4.68 Å². The Hall–Kier alpha value is -2.07. The lowest BCUT2D eigenvalue weighted by Crippen LogP contribution is -1.99. The molecule has 3 rings (SSSR count). The van der Waals surface area contributed by atoms with Crippen LogP contribution in [0.1, 0.15) is 5.56 Å². The molecule has 1 aromatic heterocycles. The zero-order valence-electron chi connectivity index (χ0n) is 10.8. The summed E-state index contributed by atoms with van der Waals surface area (Å²) in [5.41, 5.74) is 9.96. The third-order valence-electron chi connectivity index (χ3n) is 3.11. The van der Waals surface area contributed by atoms with Crippen LogP contribution in [0.4, 0.5) is 5.69 Å². The molecule has 0 aliphatic heterocycles. The van der Waals surface area contributed by atoms with Gasteiger partial charge in [0.1, 0.15) is 0 Å². The molecule has 0 unspecified atom stereocenters. The van der Waals surface area contributed by atoms with Gasteiger partial charge in [0.25, 0.3) is 0 Å². The summed E-state index contributed by atoms with van der Waals surface area (Å²) >= 11 is 3.44. The van der Waals surface area contributed by atoms with Crippen LogP contribution in [-0.2, 0) is 6.54 Å². The SMILES string of the molecule is Nc1cccc(-c2cnn(Cc3ccc(Br)cc3)c2)c1. The number of hydrogen-bond acceptors (Lipinski definition) is 2. The third kappa shape index (κ3) is 2.91. The third-order valence-corrected chi connectivity index (χ3v) is 3.64. The summed E-state index contributed by atoms with van der Waals surface area (Å²) < 4.78 is 3.02. The van der Waals surface area contributed by atoms with Crippen LogP contribution in [0.5, 0.6) is 0 Å². The van der Waals surface area contributed by atoms with E-state index in [0.717, 1.165) is 27.8 Å². The van der Waals surface area contributed by atoms with E-state index in [-0.39, 0.29) is 0 Å². The molecule has 0 amide bonds. The molecule has 0 aliphatic rings. The summed E-state index contributed by atoms with van der Waals surface area (Å²) in [7, 11) is 0. The molecule has 0 aliphatic carbocycles. The van der Waals surface area contributed by atoms with E-state index in [0.29, 0.717) is 0 Å². The van der Waals surface area contributed by atoms with Crippen LogP contribution in [-0.4, -0.2) is 9.78 Å². The van der Waals surface area contributed by atoms with Crippen LogP contribution in [0.25, 0.3) is 11.1 Å². The van der Waals surface area contributed by atoms with E-state index in [1.807, 2.05) is 53.5 Å². The van der Waals surface area contributed by atoms with Gasteiger partial charge in [0.15, 0.2) is 0 Å². The molecular formula is C16H14BrN3. The lowest BCUT2D eigenvalue weighted by Gasteiger charge is -2.02. The quantitative estimate of drug-likeness (QED) is 0.740. The summed E-state index contributed by atoms with van der Waals surface area (Å²) in [5.74, 6) is 0. The van der Waals surface area contributed by atoms with E-state index in [4.69, 9.17) is 5.73 Å². The second-order valence-corrected chi connectivity index (χ2v) is 5.59. The first-order chi connectivity index (χ1) is 9.70. The van der Waals surface area contributed by atoms with E-state index in [9.17, 15) is 0 Å². The molecular weight excluding hydrogens is 314 g/mol. The van der Waals surface area contributed by atoms with Gasteiger partial charge in [0.2, 0.25) is 0 Å². The maximum absolute atomic E-state index is 5.81. The van der Waals surface area contributed by atoms with Crippen molar-refractivity contribution in [3.05, 3.63) is 71.0 Å². The fourth-order valence-electron chi connectivity index (χ4n) is 2.09. The lowest BCUT2D eigenvalue weighted by molar-refractivity contribution is 0.687. The average Bonchev–Trinajstić information content (AvgIpc) is 2.90. The molecule has 0 radical (unpaired) electrons.